The fourth-order valence-corrected chi connectivity index (χ4v) is 7.82. The molecule has 5 rings (SSSR count). The average molecular weight is 573 g/mol. The summed E-state index contributed by atoms with van der Waals surface area (Å²) in [4.78, 5) is 38.7. The fraction of sp³-hybridized carbons (Fsp3) is 0.719. The van der Waals surface area contributed by atoms with Crippen LogP contribution in [0, 0.1) is 34.4 Å². The van der Waals surface area contributed by atoms with E-state index in [1.54, 1.807) is 6.92 Å². The first kappa shape index (κ1) is 29.6. The third kappa shape index (κ3) is 6.19. The molecule has 4 atom stereocenters. The smallest absolute Gasteiger partial charge is 0.309 e. The van der Waals surface area contributed by atoms with Crippen molar-refractivity contribution in [2.24, 2.45) is 28.6 Å². The highest BCUT2D eigenvalue weighted by Crippen LogP contribution is 2.49. The van der Waals surface area contributed by atoms with Crippen LogP contribution in [0.4, 0.5) is 4.39 Å². The second-order valence-corrected chi connectivity index (χ2v) is 13.6. The summed E-state index contributed by atoms with van der Waals surface area (Å²) in [5.41, 5.74) is -0.514. The number of carbonyl (C=O) groups is 3. The maximum atomic E-state index is 15.0. The maximum absolute atomic E-state index is 15.0. The van der Waals surface area contributed by atoms with Gasteiger partial charge in [-0.3, -0.25) is 14.4 Å². The van der Waals surface area contributed by atoms with E-state index in [4.69, 9.17) is 9.47 Å². The molecule has 0 radical (unpaired) electrons. The highest BCUT2D eigenvalue weighted by molar-refractivity contribution is 5.98. The van der Waals surface area contributed by atoms with Crippen LogP contribution < -0.4 is 20.1 Å². The molecule has 0 aromatic heterocycles. The second-order valence-electron chi connectivity index (χ2n) is 13.6. The summed E-state index contributed by atoms with van der Waals surface area (Å²) >= 11 is 0. The van der Waals surface area contributed by atoms with Crippen LogP contribution in [-0.2, 0) is 9.59 Å². The molecular formula is C32H45FN2O6. The van der Waals surface area contributed by atoms with E-state index in [1.165, 1.54) is 32.4 Å². The molecule has 1 aromatic carbocycles. The lowest BCUT2D eigenvalue weighted by Crippen LogP contribution is -2.51. The van der Waals surface area contributed by atoms with Gasteiger partial charge in [-0.15, -0.1) is 0 Å². The van der Waals surface area contributed by atoms with Crippen molar-refractivity contribution in [3.05, 3.63) is 23.5 Å². The number of ether oxygens (including phenoxy) is 2. The quantitative estimate of drug-likeness (QED) is 0.361. The zero-order valence-electron chi connectivity index (χ0n) is 24.6. The predicted molar refractivity (Wildman–Crippen MR) is 151 cm³/mol. The number of fused-ring (bicyclic) bond motifs is 2. The second kappa shape index (κ2) is 11.8. The molecule has 2 bridgehead atoms. The number of halogens is 1. The maximum Gasteiger partial charge on any atom is 0.309 e. The standard InChI is InChI=1S/C32H45FN2O6/c1-31(11-5-4-6-12-31)18-34-29(37)26-19-7-8-20(15-19)27(26)35-28(36)22-16-25(23(33)17-24(22)40-3)41-21-9-13-32(2,14-10-21)30(38)39/h16-17,19-21,26-27H,4-15,18H2,1-3H3,(H,34,37)(H,35,36)(H,38,39)/t19-,20+,21-,26+,27-,32+/m1/s1. The largest absolute Gasteiger partial charge is 0.496 e. The van der Waals surface area contributed by atoms with Gasteiger partial charge < -0.3 is 25.2 Å². The van der Waals surface area contributed by atoms with Crippen molar-refractivity contribution in [2.75, 3.05) is 13.7 Å². The van der Waals surface area contributed by atoms with Gasteiger partial charge in [-0.05, 0) is 88.0 Å². The van der Waals surface area contributed by atoms with Crippen LogP contribution in [0.3, 0.4) is 0 Å². The topological polar surface area (TPSA) is 114 Å². The molecular weight excluding hydrogens is 527 g/mol. The number of methoxy groups -OCH3 is 1. The zero-order chi connectivity index (χ0) is 29.4. The van der Waals surface area contributed by atoms with Crippen LogP contribution in [0.1, 0.15) is 101 Å². The molecule has 0 unspecified atom stereocenters. The lowest BCUT2D eigenvalue weighted by atomic mass is 9.75. The molecule has 4 saturated carbocycles. The normalized spacial score (nSPS) is 32.2. The molecule has 41 heavy (non-hydrogen) atoms. The molecule has 4 aliphatic rings. The van der Waals surface area contributed by atoms with Crippen LogP contribution in [0.25, 0.3) is 0 Å². The Labute approximate surface area is 242 Å². The number of amides is 2. The van der Waals surface area contributed by atoms with Gasteiger partial charge in [0.05, 0.1) is 30.1 Å². The minimum Gasteiger partial charge on any atom is -0.496 e. The molecule has 0 saturated heterocycles. The van der Waals surface area contributed by atoms with Crippen LogP contribution >= 0.6 is 0 Å². The molecule has 226 valence electrons. The molecule has 3 N–H and O–H groups in total. The van der Waals surface area contributed by atoms with Gasteiger partial charge in [0.1, 0.15) is 5.75 Å². The van der Waals surface area contributed by atoms with Gasteiger partial charge in [0.25, 0.3) is 5.91 Å². The lowest BCUT2D eigenvalue weighted by Gasteiger charge is -2.36. The highest BCUT2D eigenvalue weighted by atomic mass is 19.1. The van der Waals surface area contributed by atoms with Gasteiger partial charge in [-0.2, -0.15) is 0 Å². The van der Waals surface area contributed by atoms with E-state index in [1.807, 2.05) is 0 Å². The lowest BCUT2D eigenvalue weighted by molar-refractivity contribution is -0.150. The first-order valence-corrected chi connectivity index (χ1v) is 15.4. The number of aliphatic carboxylic acids is 1. The number of carbonyl (C=O) groups excluding carboxylic acids is 2. The molecule has 0 aliphatic heterocycles. The number of hydrogen-bond donors (Lipinski definition) is 3. The Morgan fingerprint density at radius 3 is 2.32 bits per heavy atom. The van der Waals surface area contributed by atoms with Gasteiger partial charge in [-0.25, -0.2) is 4.39 Å². The van der Waals surface area contributed by atoms with Crippen molar-refractivity contribution in [3.63, 3.8) is 0 Å². The number of carboxylic acid groups (broad SMARTS) is 1. The first-order chi connectivity index (χ1) is 19.5. The van der Waals surface area contributed by atoms with E-state index in [0.717, 1.165) is 38.2 Å². The molecule has 9 heteroatoms. The Balaban J connectivity index is 1.27. The Morgan fingerprint density at radius 1 is 0.976 bits per heavy atom. The molecule has 4 fully saturated rings. The van der Waals surface area contributed by atoms with Gasteiger partial charge in [-0.1, -0.05) is 26.2 Å². The third-order valence-electron chi connectivity index (χ3n) is 10.6. The van der Waals surface area contributed by atoms with Crippen molar-refractivity contribution in [1.82, 2.24) is 10.6 Å². The van der Waals surface area contributed by atoms with Crippen molar-refractivity contribution in [3.8, 4) is 11.5 Å². The molecule has 0 spiro atoms. The highest BCUT2D eigenvalue weighted by Gasteiger charge is 2.51. The summed E-state index contributed by atoms with van der Waals surface area (Å²) in [5, 5.41) is 15.9. The Kier molecular flexibility index (Phi) is 8.53. The van der Waals surface area contributed by atoms with E-state index in [2.05, 4.69) is 17.6 Å². The van der Waals surface area contributed by atoms with Crippen molar-refractivity contribution < 1.29 is 33.4 Å². The SMILES string of the molecule is COc1cc(F)c(O[C@H]2CC[C@@](C)(C(=O)O)CC2)cc1C(=O)N[C@@H]1[C@H]2CC[C@H](C2)[C@@H]1C(=O)NCC1(C)CCCCC1. The summed E-state index contributed by atoms with van der Waals surface area (Å²) in [6.45, 7) is 4.65. The summed E-state index contributed by atoms with van der Waals surface area (Å²) in [7, 11) is 1.39. The third-order valence-corrected chi connectivity index (χ3v) is 10.6. The minimum atomic E-state index is -0.832. The van der Waals surface area contributed by atoms with E-state index in [0.29, 0.717) is 32.2 Å². The van der Waals surface area contributed by atoms with Crippen molar-refractivity contribution >= 4 is 17.8 Å². The molecule has 0 heterocycles. The van der Waals surface area contributed by atoms with E-state index >= 15 is 0 Å². The number of hydrogen-bond acceptors (Lipinski definition) is 5. The molecule has 2 amide bonds. The fourth-order valence-electron chi connectivity index (χ4n) is 7.82. The van der Waals surface area contributed by atoms with E-state index in [9.17, 15) is 23.9 Å². The Hall–Kier alpha value is -2.84. The molecule has 8 nitrogen and oxygen atoms in total. The minimum absolute atomic E-state index is 0.0232. The summed E-state index contributed by atoms with van der Waals surface area (Å²) in [6, 6.07) is 2.25. The number of rotatable bonds is 9. The predicted octanol–water partition coefficient (Wildman–Crippen LogP) is 5.48. The van der Waals surface area contributed by atoms with Gasteiger partial charge in [0.15, 0.2) is 11.6 Å². The van der Waals surface area contributed by atoms with E-state index in [-0.39, 0.29) is 58.3 Å². The Morgan fingerprint density at radius 2 is 1.66 bits per heavy atom. The van der Waals surface area contributed by atoms with Crippen LogP contribution in [0.2, 0.25) is 0 Å². The van der Waals surface area contributed by atoms with Crippen molar-refractivity contribution in [2.45, 2.75) is 103 Å². The van der Waals surface area contributed by atoms with Gasteiger partial charge >= 0.3 is 5.97 Å². The summed E-state index contributed by atoms with van der Waals surface area (Å²) in [6.07, 6.45) is 10.3. The number of benzene rings is 1. The van der Waals surface area contributed by atoms with Crippen LogP contribution in [0.15, 0.2) is 12.1 Å². The van der Waals surface area contributed by atoms with Gasteiger partial charge in [0, 0.05) is 18.7 Å². The monoisotopic (exact) mass is 572 g/mol. The molecule has 4 aliphatic carbocycles. The van der Waals surface area contributed by atoms with E-state index < -0.39 is 23.1 Å². The zero-order valence-corrected chi connectivity index (χ0v) is 24.6. The summed E-state index contributed by atoms with van der Waals surface area (Å²) in [5.74, 6) is -1.61. The Bertz CT molecular complexity index is 1160. The summed E-state index contributed by atoms with van der Waals surface area (Å²) < 4.78 is 26.3. The average Bonchev–Trinajstić information content (AvgIpc) is 3.56. The van der Waals surface area contributed by atoms with Crippen LogP contribution in [-0.4, -0.2) is 48.7 Å². The van der Waals surface area contributed by atoms with Crippen LogP contribution in [0.5, 0.6) is 11.5 Å². The first-order valence-electron chi connectivity index (χ1n) is 15.4. The van der Waals surface area contributed by atoms with Crippen molar-refractivity contribution in [1.29, 1.82) is 0 Å². The van der Waals surface area contributed by atoms with Gasteiger partial charge in [0.2, 0.25) is 5.91 Å². The number of nitrogens with one attached hydrogen (secondary N) is 2. The molecule has 1 aromatic rings. The number of carboxylic acids is 1.